The van der Waals surface area contributed by atoms with Gasteiger partial charge in [-0.25, -0.2) is 0 Å². The Bertz CT molecular complexity index is 476. The predicted octanol–water partition coefficient (Wildman–Crippen LogP) is 3.75. The van der Waals surface area contributed by atoms with Gasteiger partial charge in [0.05, 0.1) is 11.9 Å². The lowest BCUT2D eigenvalue weighted by Crippen LogP contribution is -2.27. The lowest BCUT2D eigenvalue weighted by molar-refractivity contribution is 0.463. The molecule has 3 heteroatoms. The molecular formula is C16H23N3. The zero-order chi connectivity index (χ0) is 13.5. The zero-order valence-electron chi connectivity index (χ0n) is 11.8. The van der Waals surface area contributed by atoms with E-state index in [-0.39, 0.29) is 0 Å². The standard InChI is InChI=1S/C16H23N3/c1-3-8-15(4-2)17-11-14-12-18-19-16(14)13-9-6-5-7-10-13/h5-7,9-10,12,15,17H,3-4,8,11H2,1-2H3,(H,18,19). The molecule has 1 heterocycles. The van der Waals surface area contributed by atoms with Crippen molar-refractivity contribution in [2.24, 2.45) is 0 Å². The Hall–Kier alpha value is -1.61. The van der Waals surface area contributed by atoms with Gasteiger partial charge in [-0.3, -0.25) is 5.10 Å². The van der Waals surface area contributed by atoms with Crippen molar-refractivity contribution in [3.05, 3.63) is 42.1 Å². The Balaban J connectivity index is 2.04. The molecule has 0 saturated heterocycles. The molecule has 3 nitrogen and oxygen atoms in total. The summed E-state index contributed by atoms with van der Waals surface area (Å²) in [6, 6.07) is 11.0. The minimum Gasteiger partial charge on any atom is -0.310 e. The molecule has 0 fully saturated rings. The van der Waals surface area contributed by atoms with Crippen LogP contribution in [0.2, 0.25) is 0 Å². The maximum absolute atomic E-state index is 4.18. The molecule has 19 heavy (non-hydrogen) atoms. The Morgan fingerprint density at radius 1 is 1.21 bits per heavy atom. The largest absolute Gasteiger partial charge is 0.310 e. The van der Waals surface area contributed by atoms with Gasteiger partial charge in [0.2, 0.25) is 0 Å². The molecule has 1 aromatic heterocycles. The van der Waals surface area contributed by atoms with E-state index in [2.05, 4.69) is 53.6 Å². The maximum Gasteiger partial charge on any atom is 0.0695 e. The Morgan fingerprint density at radius 3 is 2.68 bits per heavy atom. The van der Waals surface area contributed by atoms with Crippen LogP contribution in [-0.4, -0.2) is 16.2 Å². The average molecular weight is 257 g/mol. The van der Waals surface area contributed by atoms with Crippen molar-refractivity contribution >= 4 is 0 Å². The van der Waals surface area contributed by atoms with Crippen molar-refractivity contribution in [3.8, 4) is 11.3 Å². The normalized spacial score (nSPS) is 12.5. The van der Waals surface area contributed by atoms with E-state index in [9.17, 15) is 0 Å². The third-order valence-electron chi connectivity index (χ3n) is 3.49. The van der Waals surface area contributed by atoms with Crippen molar-refractivity contribution in [3.63, 3.8) is 0 Å². The molecule has 0 spiro atoms. The molecule has 0 saturated carbocycles. The lowest BCUT2D eigenvalue weighted by atomic mass is 10.1. The quantitative estimate of drug-likeness (QED) is 0.793. The number of hydrogen-bond donors (Lipinski definition) is 2. The van der Waals surface area contributed by atoms with Crippen LogP contribution in [0.4, 0.5) is 0 Å². The number of H-pyrrole nitrogens is 1. The molecule has 1 unspecified atom stereocenters. The summed E-state index contributed by atoms with van der Waals surface area (Å²) < 4.78 is 0. The zero-order valence-corrected chi connectivity index (χ0v) is 11.8. The van der Waals surface area contributed by atoms with Crippen molar-refractivity contribution < 1.29 is 0 Å². The summed E-state index contributed by atoms with van der Waals surface area (Å²) in [5.41, 5.74) is 3.56. The van der Waals surface area contributed by atoms with Gasteiger partial charge >= 0.3 is 0 Å². The molecule has 2 N–H and O–H groups in total. The van der Waals surface area contributed by atoms with Gasteiger partial charge in [0.15, 0.2) is 0 Å². The maximum atomic E-state index is 4.18. The van der Waals surface area contributed by atoms with Crippen molar-refractivity contribution in [1.29, 1.82) is 0 Å². The number of aromatic nitrogens is 2. The molecule has 2 aromatic rings. The highest BCUT2D eigenvalue weighted by molar-refractivity contribution is 5.62. The van der Waals surface area contributed by atoms with Crippen LogP contribution in [0.15, 0.2) is 36.5 Å². The molecule has 0 aliphatic heterocycles. The number of nitrogens with one attached hydrogen (secondary N) is 2. The summed E-state index contributed by atoms with van der Waals surface area (Å²) in [6.45, 7) is 5.34. The summed E-state index contributed by atoms with van der Waals surface area (Å²) in [5.74, 6) is 0. The number of aromatic amines is 1. The van der Waals surface area contributed by atoms with Crippen LogP contribution >= 0.6 is 0 Å². The summed E-state index contributed by atoms with van der Waals surface area (Å²) >= 11 is 0. The van der Waals surface area contributed by atoms with Gasteiger partial charge < -0.3 is 5.32 Å². The number of rotatable bonds is 7. The summed E-state index contributed by atoms with van der Waals surface area (Å²) in [7, 11) is 0. The topological polar surface area (TPSA) is 40.7 Å². The number of nitrogens with zero attached hydrogens (tertiary/aromatic N) is 1. The van der Waals surface area contributed by atoms with Crippen molar-refractivity contribution in [2.75, 3.05) is 0 Å². The second kappa shape index (κ2) is 7.10. The molecular weight excluding hydrogens is 234 g/mol. The molecule has 102 valence electrons. The van der Waals surface area contributed by atoms with Gasteiger partial charge in [-0.05, 0) is 18.4 Å². The molecule has 0 aliphatic rings. The first-order chi connectivity index (χ1) is 9.35. The molecule has 2 rings (SSSR count). The number of benzene rings is 1. The predicted molar refractivity (Wildman–Crippen MR) is 79.9 cm³/mol. The Morgan fingerprint density at radius 2 is 2.00 bits per heavy atom. The molecule has 1 atom stereocenters. The van der Waals surface area contributed by atoms with Gasteiger partial charge in [-0.2, -0.15) is 5.10 Å². The lowest BCUT2D eigenvalue weighted by Gasteiger charge is -2.15. The fourth-order valence-electron chi connectivity index (χ4n) is 2.35. The van der Waals surface area contributed by atoms with Gasteiger partial charge in [0.25, 0.3) is 0 Å². The first-order valence-corrected chi connectivity index (χ1v) is 7.16. The van der Waals surface area contributed by atoms with Crippen LogP contribution < -0.4 is 5.32 Å². The van der Waals surface area contributed by atoms with E-state index < -0.39 is 0 Å². The van der Waals surface area contributed by atoms with Gasteiger partial charge in [0.1, 0.15) is 0 Å². The molecule has 0 radical (unpaired) electrons. The Kier molecular flexibility index (Phi) is 5.16. The Labute approximate surface area is 115 Å². The second-order valence-electron chi connectivity index (χ2n) is 4.91. The molecule has 0 aliphatic carbocycles. The van der Waals surface area contributed by atoms with Crippen LogP contribution in [0.3, 0.4) is 0 Å². The molecule has 0 amide bonds. The summed E-state index contributed by atoms with van der Waals surface area (Å²) in [6.07, 6.45) is 5.55. The van der Waals surface area contributed by atoms with Crippen molar-refractivity contribution in [1.82, 2.24) is 15.5 Å². The monoisotopic (exact) mass is 257 g/mol. The number of hydrogen-bond acceptors (Lipinski definition) is 2. The van der Waals surface area contributed by atoms with E-state index in [0.29, 0.717) is 6.04 Å². The highest BCUT2D eigenvalue weighted by Crippen LogP contribution is 2.20. The van der Waals surface area contributed by atoms with Gasteiger partial charge in [-0.15, -0.1) is 0 Å². The van der Waals surface area contributed by atoms with E-state index in [0.717, 1.165) is 12.2 Å². The van der Waals surface area contributed by atoms with Crippen LogP contribution in [0.5, 0.6) is 0 Å². The first-order valence-electron chi connectivity index (χ1n) is 7.16. The second-order valence-corrected chi connectivity index (χ2v) is 4.91. The van der Waals surface area contributed by atoms with E-state index in [1.165, 1.54) is 30.4 Å². The highest BCUT2D eigenvalue weighted by Gasteiger charge is 2.09. The van der Waals surface area contributed by atoms with E-state index >= 15 is 0 Å². The third kappa shape index (κ3) is 3.67. The van der Waals surface area contributed by atoms with Crippen LogP contribution in [0, 0.1) is 0 Å². The summed E-state index contributed by atoms with van der Waals surface area (Å²) in [5, 5.41) is 10.9. The minimum absolute atomic E-state index is 0.600. The first kappa shape index (κ1) is 13.8. The van der Waals surface area contributed by atoms with E-state index in [4.69, 9.17) is 0 Å². The van der Waals surface area contributed by atoms with Crippen molar-refractivity contribution in [2.45, 2.75) is 45.7 Å². The summed E-state index contributed by atoms with van der Waals surface area (Å²) in [4.78, 5) is 0. The van der Waals surface area contributed by atoms with Gasteiger partial charge in [0, 0.05) is 18.2 Å². The van der Waals surface area contributed by atoms with E-state index in [1.807, 2.05) is 12.3 Å². The fraction of sp³-hybridized carbons (Fsp3) is 0.438. The molecule has 0 bridgehead atoms. The minimum atomic E-state index is 0.600. The van der Waals surface area contributed by atoms with Crippen LogP contribution in [0.25, 0.3) is 11.3 Å². The third-order valence-corrected chi connectivity index (χ3v) is 3.49. The SMILES string of the molecule is CCCC(CC)NCc1cn[nH]c1-c1ccccc1. The van der Waals surface area contributed by atoms with Crippen LogP contribution in [-0.2, 0) is 6.54 Å². The van der Waals surface area contributed by atoms with Gasteiger partial charge in [-0.1, -0.05) is 50.6 Å². The fourth-order valence-corrected chi connectivity index (χ4v) is 2.35. The smallest absolute Gasteiger partial charge is 0.0695 e. The molecule has 1 aromatic carbocycles. The highest BCUT2D eigenvalue weighted by atomic mass is 15.1. The van der Waals surface area contributed by atoms with E-state index in [1.54, 1.807) is 0 Å². The van der Waals surface area contributed by atoms with Crippen LogP contribution in [0.1, 0.15) is 38.7 Å². The average Bonchev–Trinajstić information content (AvgIpc) is 2.93.